The first-order chi connectivity index (χ1) is 25.1. The minimum atomic E-state index is -1.10. The van der Waals surface area contributed by atoms with E-state index >= 15 is 0 Å². The molecule has 0 radical (unpaired) electrons. The summed E-state index contributed by atoms with van der Waals surface area (Å²) in [4.78, 5) is 40.1. The summed E-state index contributed by atoms with van der Waals surface area (Å²) in [6.45, 7) is 16.8. The lowest BCUT2D eigenvalue weighted by Crippen LogP contribution is -2.42. The number of esters is 2. The lowest BCUT2D eigenvalue weighted by atomic mass is 10.1. The van der Waals surface area contributed by atoms with Crippen LogP contribution in [0.15, 0.2) is 76.0 Å². The second-order valence-corrected chi connectivity index (χ2v) is 14.5. The van der Waals surface area contributed by atoms with E-state index in [4.69, 9.17) is 14.2 Å². The SMILES string of the molecule is COC(=O)[C@H](CCC(=O)OCC=C(C)CCC=C(C)CCC=C(C)C)N1Cc2c(cc(O)c(OCC=C(C)CCC=C(C)CCC=C(C)C)c2O)C1=O. The Morgan fingerprint density at radius 2 is 1.23 bits per heavy atom. The number of nitrogens with zero attached hydrogens (tertiary/aromatic N) is 1. The molecule has 1 atom stereocenters. The number of methoxy groups -OCH3 is 1. The molecule has 0 bridgehead atoms. The van der Waals surface area contributed by atoms with Gasteiger partial charge in [0.05, 0.1) is 19.2 Å². The maximum absolute atomic E-state index is 13.4. The second-order valence-electron chi connectivity index (χ2n) is 14.5. The molecule has 292 valence electrons. The average molecular weight is 734 g/mol. The van der Waals surface area contributed by atoms with E-state index in [1.54, 1.807) is 0 Å². The lowest BCUT2D eigenvalue weighted by molar-refractivity contribution is -0.147. The lowest BCUT2D eigenvalue weighted by Gasteiger charge is -2.25. The van der Waals surface area contributed by atoms with Crippen LogP contribution in [0.1, 0.15) is 136 Å². The van der Waals surface area contributed by atoms with Gasteiger partial charge in [0.25, 0.3) is 5.91 Å². The number of rotatable bonds is 22. The minimum absolute atomic E-state index is 0.0326. The van der Waals surface area contributed by atoms with Crippen LogP contribution < -0.4 is 4.74 Å². The Morgan fingerprint density at radius 1 is 0.736 bits per heavy atom. The molecule has 1 aromatic carbocycles. The molecule has 0 unspecified atom stereocenters. The van der Waals surface area contributed by atoms with Gasteiger partial charge in [-0.25, -0.2) is 4.79 Å². The number of hydrogen-bond donors (Lipinski definition) is 2. The molecular weight excluding hydrogens is 670 g/mol. The number of benzene rings is 1. The molecular formula is C44H63NO8. The van der Waals surface area contributed by atoms with E-state index in [9.17, 15) is 24.6 Å². The fraction of sp³-hybridized carbons (Fsp3) is 0.523. The van der Waals surface area contributed by atoms with Crippen molar-refractivity contribution in [2.45, 2.75) is 132 Å². The van der Waals surface area contributed by atoms with Gasteiger partial charge in [-0.15, -0.1) is 0 Å². The summed E-state index contributed by atoms with van der Waals surface area (Å²) < 4.78 is 16.1. The maximum Gasteiger partial charge on any atom is 0.328 e. The van der Waals surface area contributed by atoms with E-state index in [2.05, 4.69) is 65.8 Å². The molecule has 0 saturated heterocycles. The third-order valence-corrected chi connectivity index (χ3v) is 9.21. The third-order valence-electron chi connectivity index (χ3n) is 9.21. The highest BCUT2D eigenvalue weighted by Gasteiger charge is 2.40. The molecule has 1 aromatic rings. The molecule has 0 aliphatic carbocycles. The van der Waals surface area contributed by atoms with E-state index in [1.165, 1.54) is 40.4 Å². The highest BCUT2D eigenvalue weighted by Crippen LogP contribution is 2.44. The largest absolute Gasteiger partial charge is 0.504 e. The van der Waals surface area contributed by atoms with Gasteiger partial charge in [-0.1, -0.05) is 57.7 Å². The van der Waals surface area contributed by atoms with Gasteiger partial charge < -0.3 is 29.3 Å². The van der Waals surface area contributed by atoms with Crippen molar-refractivity contribution in [2.75, 3.05) is 20.3 Å². The Labute approximate surface area is 317 Å². The van der Waals surface area contributed by atoms with Crippen molar-refractivity contribution >= 4 is 17.8 Å². The van der Waals surface area contributed by atoms with Gasteiger partial charge in [-0.05, 0) is 131 Å². The summed E-state index contributed by atoms with van der Waals surface area (Å²) in [5, 5.41) is 21.8. The highest BCUT2D eigenvalue weighted by molar-refractivity contribution is 6.02. The van der Waals surface area contributed by atoms with Crippen LogP contribution in [0.25, 0.3) is 0 Å². The first-order valence-electron chi connectivity index (χ1n) is 18.8. The zero-order valence-electron chi connectivity index (χ0n) is 33.6. The van der Waals surface area contributed by atoms with Gasteiger partial charge in [-0.2, -0.15) is 0 Å². The molecule has 1 amide bonds. The van der Waals surface area contributed by atoms with Gasteiger partial charge in [0.15, 0.2) is 11.5 Å². The van der Waals surface area contributed by atoms with Gasteiger partial charge in [0.2, 0.25) is 5.75 Å². The molecule has 0 spiro atoms. The number of carbonyl (C=O) groups is 3. The predicted molar refractivity (Wildman–Crippen MR) is 212 cm³/mol. The second kappa shape index (κ2) is 23.2. The number of allylic oxidation sites excluding steroid dienone is 10. The fourth-order valence-electron chi connectivity index (χ4n) is 5.90. The van der Waals surface area contributed by atoms with E-state index in [-0.39, 0.29) is 61.0 Å². The molecule has 0 aromatic heterocycles. The summed E-state index contributed by atoms with van der Waals surface area (Å²) >= 11 is 0. The van der Waals surface area contributed by atoms with Crippen molar-refractivity contribution < 1.29 is 38.8 Å². The Balaban J connectivity index is 1.95. The van der Waals surface area contributed by atoms with Crippen molar-refractivity contribution in [3.63, 3.8) is 0 Å². The van der Waals surface area contributed by atoms with Gasteiger partial charge >= 0.3 is 11.9 Å². The van der Waals surface area contributed by atoms with Crippen LogP contribution in [0.4, 0.5) is 0 Å². The normalized spacial score (nSPS) is 14.1. The summed E-state index contributed by atoms with van der Waals surface area (Å²) in [5.74, 6) is -2.66. The van der Waals surface area contributed by atoms with Crippen molar-refractivity contribution in [1.29, 1.82) is 0 Å². The molecule has 1 heterocycles. The van der Waals surface area contributed by atoms with Crippen LogP contribution in [0.3, 0.4) is 0 Å². The smallest absolute Gasteiger partial charge is 0.328 e. The van der Waals surface area contributed by atoms with E-state index in [1.807, 2.05) is 26.0 Å². The molecule has 1 aliphatic rings. The number of ether oxygens (including phenoxy) is 3. The molecule has 2 N–H and O–H groups in total. The zero-order valence-corrected chi connectivity index (χ0v) is 33.6. The summed E-state index contributed by atoms with van der Waals surface area (Å²) in [5.41, 5.74) is 7.87. The third kappa shape index (κ3) is 15.9. The van der Waals surface area contributed by atoms with Crippen molar-refractivity contribution in [3.05, 3.63) is 87.1 Å². The number of phenols is 2. The number of amides is 1. The first-order valence-corrected chi connectivity index (χ1v) is 18.8. The number of fused-ring (bicyclic) bond motifs is 1. The maximum atomic E-state index is 13.4. The van der Waals surface area contributed by atoms with Crippen LogP contribution in [0, 0.1) is 0 Å². The van der Waals surface area contributed by atoms with Crippen LogP contribution in [-0.2, 0) is 25.6 Å². The highest BCUT2D eigenvalue weighted by atomic mass is 16.5. The Kier molecular flexibility index (Phi) is 19.5. The first kappa shape index (κ1) is 44.6. The fourth-order valence-corrected chi connectivity index (χ4v) is 5.90. The van der Waals surface area contributed by atoms with Gasteiger partial charge in [-0.3, -0.25) is 9.59 Å². The molecule has 0 saturated carbocycles. The summed E-state index contributed by atoms with van der Waals surface area (Å²) in [7, 11) is 1.21. The summed E-state index contributed by atoms with van der Waals surface area (Å²) in [6.07, 6.45) is 20.3. The summed E-state index contributed by atoms with van der Waals surface area (Å²) in [6, 6.07) is 0.142. The molecule has 0 fully saturated rings. The molecule has 1 aliphatic heterocycles. The van der Waals surface area contributed by atoms with Crippen LogP contribution in [0.2, 0.25) is 0 Å². The Morgan fingerprint density at radius 3 is 1.74 bits per heavy atom. The average Bonchev–Trinajstić information content (AvgIpc) is 3.41. The monoisotopic (exact) mass is 733 g/mol. The number of phenolic OH excluding ortho intramolecular Hbond substituents is 2. The van der Waals surface area contributed by atoms with Crippen molar-refractivity contribution in [3.8, 4) is 17.2 Å². The molecule has 9 heteroatoms. The number of carbonyl (C=O) groups excluding carboxylic acids is 3. The number of hydrogen-bond acceptors (Lipinski definition) is 8. The minimum Gasteiger partial charge on any atom is -0.504 e. The van der Waals surface area contributed by atoms with Crippen LogP contribution >= 0.6 is 0 Å². The van der Waals surface area contributed by atoms with Gasteiger partial charge in [0, 0.05) is 12.0 Å². The van der Waals surface area contributed by atoms with Crippen molar-refractivity contribution in [1.82, 2.24) is 4.90 Å². The van der Waals surface area contributed by atoms with Crippen molar-refractivity contribution in [2.24, 2.45) is 0 Å². The Hall–Kier alpha value is -4.53. The standard InChI is InChI=1S/C44H63NO8/c1-30(2)14-10-16-32(5)18-12-20-34(7)24-26-52-40(47)23-22-38(44(50)51-9)45-29-37-36(43(45)49)28-39(46)42(41(37)48)53-27-25-35(8)21-13-19-33(6)17-11-15-31(3)4/h14-15,18-19,24-25,28,38,46,48H,10-13,16-17,20-23,26-27,29H2,1-9H3/t38-/m0/s1. The molecule has 9 nitrogen and oxygen atoms in total. The van der Waals surface area contributed by atoms with Crippen LogP contribution in [-0.4, -0.2) is 59.3 Å². The number of aromatic hydroxyl groups is 2. The van der Waals surface area contributed by atoms with Gasteiger partial charge in [0.1, 0.15) is 19.3 Å². The van der Waals surface area contributed by atoms with E-state index < -0.39 is 23.9 Å². The quantitative estimate of drug-likeness (QED) is 0.0892. The topological polar surface area (TPSA) is 123 Å². The van der Waals surface area contributed by atoms with E-state index in [0.29, 0.717) is 0 Å². The van der Waals surface area contributed by atoms with Crippen LogP contribution in [0.5, 0.6) is 17.2 Å². The molecule has 53 heavy (non-hydrogen) atoms. The molecule has 2 rings (SSSR count). The Bertz CT molecular complexity index is 1600. The zero-order chi connectivity index (χ0) is 39.5. The van der Waals surface area contributed by atoms with E-state index in [0.717, 1.165) is 62.5 Å². The predicted octanol–water partition coefficient (Wildman–Crippen LogP) is 10.1.